The zero-order valence-corrected chi connectivity index (χ0v) is 10.5. The maximum absolute atomic E-state index is 11.9. The summed E-state index contributed by atoms with van der Waals surface area (Å²) in [5.41, 5.74) is 0.332. The summed E-state index contributed by atoms with van der Waals surface area (Å²) >= 11 is 0. The van der Waals surface area contributed by atoms with Crippen molar-refractivity contribution in [3.63, 3.8) is 0 Å². The highest BCUT2D eigenvalue weighted by Crippen LogP contribution is 2.60. The Kier molecular flexibility index (Phi) is 3.59. The van der Waals surface area contributed by atoms with Crippen LogP contribution in [0.4, 0.5) is 4.79 Å². The number of hydrogen-bond acceptors (Lipinski definition) is 2. The Morgan fingerprint density at radius 3 is 2.56 bits per heavy atom. The molecule has 5 heteroatoms. The Hall–Kier alpha value is -1.52. The maximum atomic E-state index is 11.9. The molecule has 0 aliphatic heterocycles. The molecule has 0 aromatic rings. The molecule has 0 saturated heterocycles. The summed E-state index contributed by atoms with van der Waals surface area (Å²) < 4.78 is 0. The minimum absolute atomic E-state index is 0.258. The van der Waals surface area contributed by atoms with Crippen molar-refractivity contribution in [1.82, 2.24) is 10.2 Å². The van der Waals surface area contributed by atoms with Gasteiger partial charge in [-0.05, 0) is 37.0 Å². The molecule has 0 atom stereocenters. The molecule has 0 spiro atoms. The summed E-state index contributed by atoms with van der Waals surface area (Å²) in [7, 11) is 0. The molecular weight excluding hydrogens is 232 g/mol. The fourth-order valence-corrected chi connectivity index (χ4v) is 2.49. The molecule has 2 rings (SSSR count). The minimum atomic E-state index is -1.00. The van der Waals surface area contributed by atoms with E-state index in [1.165, 1.54) is 36.7 Å². The zero-order valence-electron chi connectivity index (χ0n) is 10.5. The molecule has 0 unspecified atom stereocenters. The van der Waals surface area contributed by atoms with Gasteiger partial charge in [0.1, 0.15) is 6.54 Å². The Bertz CT molecular complexity index is 359. The van der Waals surface area contributed by atoms with Gasteiger partial charge in [-0.1, -0.05) is 6.08 Å². The molecule has 0 heterocycles. The number of urea groups is 1. The van der Waals surface area contributed by atoms with Crippen LogP contribution in [-0.2, 0) is 4.79 Å². The first-order chi connectivity index (χ1) is 8.57. The number of aliphatic carboxylic acids is 1. The molecule has 2 N–H and O–H groups in total. The van der Waals surface area contributed by atoms with Crippen LogP contribution < -0.4 is 5.32 Å². The van der Waals surface area contributed by atoms with Gasteiger partial charge in [-0.3, -0.25) is 4.79 Å². The average molecular weight is 252 g/mol. The second kappa shape index (κ2) is 5.00. The number of rotatable bonds is 7. The van der Waals surface area contributed by atoms with Gasteiger partial charge >= 0.3 is 12.0 Å². The lowest BCUT2D eigenvalue weighted by molar-refractivity contribution is -0.137. The highest BCUT2D eigenvalue weighted by atomic mass is 16.4. The average Bonchev–Trinajstić information content (AvgIpc) is 3.14. The normalized spacial score (nSPS) is 20.0. The molecule has 0 radical (unpaired) electrons. The quantitative estimate of drug-likeness (QED) is 0.674. The van der Waals surface area contributed by atoms with Crippen molar-refractivity contribution in [1.29, 1.82) is 0 Å². The van der Waals surface area contributed by atoms with Crippen molar-refractivity contribution in [2.75, 3.05) is 19.6 Å². The van der Waals surface area contributed by atoms with E-state index in [2.05, 4.69) is 11.9 Å². The van der Waals surface area contributed by atoms with Gasteiger partial charge in [0.25, 0.3) is 0 Å². The molecule has 5 nitrogen and oxygen atoms in total. The van der Waals surface area contributed by atoms with Gasteiger partial charge in [0.2, 0.25) is 0 Å². The van der Waals surface area contributed by atoms with Gasteiger partial charge in [0.15, 0.2) is 0 Å². The van der Waals surface area contributed by atoms with Gasteiger partial charge in [0, 0.05) is 13.1 Å². The van der Waals surface area contributed by atoms with Crippen LogP contribution >= 0.6 is 0 Å². The number of hydrogen-bond donors (Lipinski definition) is 2. The zero-order chi connectivity index (χ0) is 13.2. The van der Waals surface area contributed by atoms with Gasteiger partial charge in [-0.25, -0.2) is 4.79 Å². The lowest BCUT2D eigenvalue weighted by atomic mass is 10.0. The SMILES string of the molecule is C=CCN(CC(=O)O)C(=O)NCC1(C2CC2)CC1. The number of carboxylic acid groups (broad SMARTS) is 1. The molecule has 18 heavy (non-hydrogen) atoms. The molecule has 2 fully saturated rings. The summed E-state index contributed by atoms with van der Waals surface area (Å²) in [6.45, 7) is 4.19. The predicted octanol–water partition coefficient (Wildman–Crippen LogP) is 1.46. The molecule has 100 valence electrons. The Labute approximate surface area is 107 Å². The first kappa shape index (κ1) is 12.9. The van der Waals surface area contributed by atoms with Crippen molar-refractivity contribution >= 4 is 12.0 Å². The van der Waals surface area contributed by atoms with Crippen LogP contribution in [0.3, 0.4) is 0 Å². The standard InChI is InChI=1S/C13H20N2O3/c1-2-7-15(8-11(16)17)12(18)14-9-13(5-6-13)10-3-4-10/h2,10H,1,3-9H2,(H,14,18)(H,16,17). The third-order valence-corrected chi connectivity index (χ3v) is 3.89. The van der Waals surface area contributed by atoms with Crippen LogP contribution in [0.5, 0.6) is 0 Å². The van der Waals surface area contributed by atoms with Crippen LogP contribution in [0.15, 0.2) is 12.7 Å². The summed E-state index contributed by atoms with van der Waals surface area (Å²) in [5.74, 6) is -0.222. The smallest absolute Gasteiger partial charge is 0.323 e. The van der Waals surface area contributed by atoms with Gasteiger partial charge in [-0.15, -0.1) is 6.58 Å². The van der Waals surface area contributed by atoms with Gasteiger partial charge in [-0.2, -0.15) is 0 Å². The number of amides is 2. The number of nitrogens with zero attached hydrogens (tertiary/aromatic N) is 1. The molecule has 2 aliphatic carbocycles. The van der Waals surface area contributed by atoms with Crippen molar-refractivity contribution in [2.24, 2.45) is 11.3 Å². The van der Waals surface area contributed by atoms with Gasteiger partial charge in [0.05, 0.1) is 0 Å². The van der Waals surface area contributed by atoms with E-state index in [-0.39, 0.29) is 19.1 Å². The van der Waals surface area contributed by atoms with E-state index >= 15 is 0 Å². The van der Waals surface area contributed by atoms with Crippen LogP contribution in [0, 0.1) is 11.3 Å². The van der Waals surface area contributed by atoms with E-state index in [9.17, 15) is 9.59 Å². The lowest BCUT2D eigenvalue weighted by Gasteiger charge is -2.22. The third kappa shape index (κ3) is 3.03. The Morgan fingerprint density at radius 1 is 1.44 bits per heavy atom. The van der Waals surface area contributed by atoms with Crippen molar-refractivity contribution in [2.45, 2.75) is 25.7 Å². The topological polar surface area (TPSA) is 69.6 Å². The first-order valence-electron chi connectivity index (χ1n) is 6.43. The summed E-state index contributed by atoms with van der Waals surface area (Å²) in [6, 6.07) is -0.302. The molecule has 2 saturated carbocycles. The number of carboxylic acids is 1. The van der Waals surface area contributed by atoms with Crippen molar-refractivity contribution in [3.8, 4) is 0 Å². The molecule has 2 amide bonds. The second-order valence-corrected chi connectivity index (χ2v) is 5.36. The first-order valence-corrected chi connectivity index (χ1v) is 6.43. The monoisotopic (exact) mass is 252 g/mol. The van der Waals surface area contributed by atoms with Crippen molar-refractivity contribution < 1.29 is 14.7 Å². The van der Waals surface area contributed by atoms with E-state index in [1.807, 2.05) is 0 Å². The van der Waals surface area contributed by atoms with Crippen LogP contribution in [0.25, 0.3) is 0 Å². The second-order valence-electron chi connectivity index (χ2n) is 5.36. The summed E-state index contributed by atoms with van der Waals surface area (Å²) in [4.78, 5) is 23.8. The van der Waals surface area contributed by atoms with E-state index in [0.717, 1.165) is 5.92 Å². The maximum Gasteiger partial charge on any atom is 0.323 e. The van der Waals surface area contributed by atoms with E-state index in [1.54, 1.807) is 0 Å². The number of nitrogens with one attached hydrogen (secondary N) is 1. The largest absolute Gasteiger partial charge is 0.480 e. The highest BCUT2D eigenvalue weighted by Gasteiger charge is 2.53. The summed E-state index contributed by atoms with van der Waals surface area (Å²) in [6.07, 6.45) is 6.48. The Balaban J connectivity index is 1.80. The Morgan fingerprint density at radius 2 is 2.11 bits per heavy atom. The number of carbonyl (C=O) groups excluding carboxylic acids is 1. The van der Waals surface area contributed by atoms with E-state index in [0.29, 0.717) is 12.0 Å². The van der Waals surface area contributed by atoms with Crippen LogP contribution in [0.1, 0.15) is 25.7 Å². The fourth-order valence-electron chi connectivity index (χ4n) is 2.49. The predicted molar refractivity (Wildman–Crippen MR) is 67.2 cm³/mol. The highest BCUT2D eigenvalue weighted by molar-refractivity contribution is 5.80. The summed E-state index contributed by atoms with van der Waals surface area (Å²) in [5, 5.41) is 11.6. The van der Waals surface area contributed by atoms with E-state index < -0.39 is 5.97 Å². The minimum Gasteiger partial charge on any atom is -0.480 e. The molecule has 0 aromatic carbocycles. The molecule has 0 aromatic heterocycles. The van der Waals surface area contributed by atoms with Crippen LogP contribution in [-0.4, -0.2) is 41.6 Å². The van der Waals surface area contributed by atoms with Crippen molar-refractivity contribution in [3.05, 3.63) is 12.7 Å². The molecular formula is C13H20N2O3. The third-order valence-electron chi connectivity index (χ3n) is 3.89. The lowest BCUT2D eigenvalue weighted by Crippen LogP contribution is -2.44. The number of carbonyl (C=O) groups is 2. The fraction of sp³-hybridized carbons (Fsp3) is 0.692. The molecule has 0 bridgehead atoms. The molecule has 2 aliphatic rings. The van der Waals surface area contributed by atoms with Crippen LogP contribution in [0.2, 0.25) is 0 Å². The van der Waals surface area contributed by atoms with Gasteiger partial charge < -0.3 is 15.3 Å². The van der Waals surface area contributed by atoms with E-state index in [4.69, 9.17) is 5.11 Å².